The Morgan fingerprint density at radius 2 is 1.34 bits per heavy atom. The van der Waals surface area contributed by atoms with Gasteiger partial charge in [-0.3, -0.25) is 0 Å². The van der Waals surface area contributed by atoms with Crippen LogP contribution in [0.15, 0.2) is 82.6 Å². The first kappa shape index (κ1) is 21.8. The van der Waals surface area contributed by atoms with Gasteiger partial charge in [0.15, 0.2) is 0 Å². The van der Waals surface area contributed by atoms with Gasteiger partial charge >= 0.3 is 0 Å². The molecule has 1 heterocycles. The van der Waals surface area contributed by atoms with Crippen LogP contribution in [0.1, 0.15) is 18.1 Å². The minimum absolute atomic E-state index is 0. The molecule has 0 amide bonds. The van der Waals surface area contributed by atoms with Gasteiger partial charge in [0.2, 0.25) is 0 Å². The van der Waals surface area contributed by atoms with Gasteiger partial charge in [0, 0.05) is 15.4 Å². The molecule has 0 saturated heterocycles. The molecular formula is C25H29ClN2S. The van der Waals surface area contributed by atoms with E-state index >= 15 is 0 Å². The number of likely N-dealkylation sites (N-methyl/N-ethyl adjacent to an activating group) is 1. The maximum Gasteiger partial charge on any atom is 0.104 e. The Morgan fingerprint density at radius 1 is 0.828 bits per heavy atom. The topological polar surface area (TPSA) is 3.24 Å². The predicted octanol–water partition coefficient (Wildman–Crippen LogP) is 3.27. The molecule has 3 aromatic rings. The number of para-hydroxylation sites is 2. The summed E-state index contributed by atoms with van der Waals surface area (Å²) in [5.74, 6) is 0. The molecule has 29 heavy (non-hydrogen) atoms. The maximum atomic E-state index is 2.51. The minimum atomic E-state index is 0. The Bertz CT molecular complexity index is 923. The average molecular weight is 425 g/mol. The first-order valence-electron chi connectivity index (χ1n) is 9.96. The van der Waals surface area contributed by atoms with E-state index in [2.05, 4.69) is 106 Å². The molecule has 1 atom stereocenters. The van der Waals surface area contributed by atoms with E-state index in [0.29, 0.717) is 6.04 Å². The Balaban J connectivity index is 0.00000240. The summed E-state index contributed by atoms with van der Waals surface area (Å²) in [5.41, 5.74) is 5.38. The number of aryl methyl sites for hydroxylation is 1. The average Bonchev–Trinajstić information content (AvgIpc) is 2.69. The number of anilines is 2. The van der Waals surface area contributed by atoms with E-state index in [1.54, 1.807) is 0 Å². The smallest absolute Gasteiger partial charge is 0.104 e. The number of hydrogen-bond donors (Lipinski definition) is 0. The summed E-state index contributed by atoms with van der Waals surface area (Å²) in [5, 5.41) is 0. The summed E-state index contributed by atoms with van der Waals surface area (Å²) >= 11 is 1.88. The lowest BCUT2D eigenvalue weighted by molar-refractivity contribution is -0.924. The molecule has 0 radical (unpaired) electrons. The van der Waals surface area contributed by atoms with Crippen LogP contribution >= 0.6 is 11.8 Å². The van der Waals surface area contributed by atoms with Crippen molar-refractivity contribution in [3.8, 4) is 0 Å². The van der Waals surface area contributed by atoms with E-state index in [0.717, 1.165) is 17.6 Å². The molecule has 0 bridgehead atoms. The van der Waals surface area contributed by atoms with Crippen molar-refractivity contribution in [1.82, 2.24) is 0 Å². The molecule has 152 valence electrons. The van der Waals surface area contributed by atoms with Crippen LogP contribution in [-0.2, 0) is 6.54 Å². The van der Waals surface area contributed by atoms with Crippen molar-refractivity contribution in [3.05, 3.63) is 83.9 Å². The second-order valence-corrected chi connectivity index (χ2v) is 9.50. The van der Waals surface area contributed by atoms with Crippen molar-refractivity contribution in [3.63, 3.8) is 0 Å². The molecular weight excluding hydrogens is 396 g/mol. The van der Waals surface area contributed by atoms with Crippen molar-refractivity contribution in [2.24, 2.45) is 0 Å². The Labute approximate surface area is 185 Å². The Morgan fingerprint density at radius 3 is 1.90 bits per heavy atom. The van der Waals surface area contributed by atoms with Gasteiger partial charge in [-0.15, -0.1) is 0 Å². The fourth-order valence-electron chi connectivity index (χ4n) is 3.78. The van der Waals surface area contributed by atoms with Crippen LogP contribution in [0.3, 0.4) is 0 Å². The summed E-state index contributed by atoms with van der Waals surface area (Å²) < 4.78 is 0.955. The number of halogens is 1. The van der Waals surface area contributed by atoms with Crippen LogP contribution in [0.4, 0.5) is 11.4 Å². The van der Waals surface area contributed by atoms with Crippen LogP contribution in [-0.4, -0.2) is 31.2 Å². The summed E-state index contributed by atoms with van der Waals surface area (Å²) in [4.78, 5) is 5.20. The SMILES string of the molecule is Cc1ccc(C[N+](C)(C)C(C)CN2c3ccccc3Sc3ccccc32)cc1.[Cl-]. The third-order valence-corrected chi connectivity index (χ3v) is 7.01. The molecule has 2 nitrogen and oxygen atoms in total. The first-order valence-corrected chi connectivity index (χ1v) is 10.8. The van der Waals surface area contributed by atoms with Gasteiger partial charge in [0.1, 0.15) is 12.6 Å². The van der Waals surface area contributed by atoms with Crippen molar-refractivity contribution < 1.29 is 16.9 Å². The van der Waals surface area contributed by atoms with Gasteiger partial charge < -0.3 is 21.8 Å². The number of benzene rings is 3. The first-order chi connectivity index (χ1) is 13.4. The monoisotopic (exact) mass is 424 g/mol. The van der Waals surface area contributed by atoms with E-state index in [1.807, 2.05) is 11.8 Å². The zero-order valence-electron chi connectivity index (χ0n) is 17.6. The Hall–Kier alpha value is -1.94. The van der Waals surface area contributed by atoms with Crippen molar-refractivity contribution in [2.75, 3.05) is 25.5 Å². The van der Waals surface area contributed by atoms with Gasteiger partial charge in [-0.25, -0.2) is 0 Å². The third kappa shape index (κ3) is 4.63. The molecule has 1 unspecified atom stereocenters. The van der Waals surface area contributed by atoms with E-state index < -0.39 is 0 Å². The second kappa shape index (κ2) is 8.83. The highest BCUT2D eigenvalue weighted by Crippen LogP contribution is 2.48. The summed E-state index contributed by atoms with van der Waals surface area (Å²) in [6, 6.07) is 27.0. The van der Waals surface area contributed by atoms with Crippen LogP contribution < -0.4 is 17.3 Å². The molecule has 0 fully saturated rings. The molecule has 4 rings (SSSR count). The maximum absolute atomic E-state index is 2.51. The Kier molecular flexibility index (Phi) is 6.62. The highest BCUT2D eigenvalue weighted by molar-refractivity contribution is 7.99. The zero-order valence-corrected chi connectivity index (χ0v) is 19.2. The van der Waals surface area contributed by atoms with Gasteiger partial charge in [0.05, 0.1) is 32.0 Å². The van der Waals surface area contributed by atoms with Crippen LogP contribution in [0, 0.1) is 6.92 Å². The number of hydrogen-bond acceptors (Lipinski definition) is 2. The highest BCUT2D eigenvalue weighted by Gasteiger charge is 2.30. The fraction of sp³-hybridized carbons (Fsp3) is 0.280. The highest BCUT2D eigenvalue weighted by atomic mass is 35.5. The lowest BCUT2D eigenvalue weighted by Gasteiger charge is -2.41. The quantitative estimate of drug-likeness (QED) is 0.578. The van der Waals surface area contributed by atoms with Gasteiger partial charge in [-0.2, -0.15) is 0 Å². The van der Waals surface area contributed by atoms with Crippen LogP contribution in [0.5, 0.6) is 0 Å². The molecule has 0 spiro atoms. The molecule has 0 aliphatic carbocycles. The molecule has 0 N–H and O–H groups in total. The summed E-state index contributed by atoms with van der Waals surface area (Å²) in [6.07, 6.45) is 0. The van der Waals surface area contributed by atoms with E-state index in [1.165, 1.54) is 32.3 Å². The number of nitrogens with zero attached hydrogens (tertiary/aromatic N) is 2. The molecule has 0 aromatic heterocycles. The van der Waals surface area contributed by atoms with Crippen LogP contribution in [0.25, 0.3) is 0 Å². The molecule has 4 heteroatoms. The van der Waals surface area contributed by atoms with Gasteiger partial charge in [0.25, 0.3) is 0 Å². The number of quaternary nitrogens is 1. The minimum Gasteiger partial charge on any atom is -1.00 e. The standard InChI is InChI=1S/C25H29N2S.ClH/c1-19-13-15-21(16-14-19)18-27(3,4)20(2)17-26-22-9-5-7-11-24(22)28-25-12-8-6-10-23(25)26;/h5-16,20H,17-18H2,1-4H3;1H/q+1;/p-1. The third-order valence-electron chi connectivity index (χ3n) is 5.88. The van der Waals surface area contributed by atoms with Crippen LogP contribution in [0.2, 0.25) is 0 Å². The number of fused-ring (bicyclic) bond motifs is 2. The van der Waals surface area contributed by atoms with E-state index in [9.17, 15) is 0 Å². The lowest BCUT2D eigenvalue weighted by atomic mass is 10.1. The molecule has 1 aliphatic rings. The molecule has 1 aliphatic heterocycles. The second-order valence-electron chi connectivity index (χ2n) is 8.42. The summed E-state index contributed by atoms with van der Waals surface area (Å²) in [7, 11) is 4.70. The molecule has 3 aromatic carbocycles. The zero-order chi connectivity index (χ0) is 19.7. The van der Waals surface area contributed by atoms with Crippen molar-refractivity contribution >= 4 is 23.1 Å². The normalized spacial score (nSPS) is 13.9. The summed E-state index contributed by atoms with van der Waals surface area (Å²) in [6.45, 7) is 6.55. The predicted molar refractivity (Wildman–Crippen MR) is 120 cm³/mol. The molecule has 0 saturated carbocycles. The van der Waals surface area contributed by atoms with E-state index in [-0.39, 0.29) is 12.4 Å². The van der Waals surface area contributed by atoms with Crippen molar-refractivity contribution in [1.29, 1.82) is 0 Å². The van der Waals surface area contributed by atoms with Gasteiger partial charge in [-0.1, -0.05) is 65.9 Å². The lowest BCUT2D eigenvalue weighted by Crippen LogP contribution is -3.00. The number of rotatable bonds is 5. The van der Waals surface area contributed by atoms with Crippen molar-refractivity contribution in [2.45, 2.75) is 36.2 Å². The fourth-order valence-corrected chi connectivity index (χ4v) is 4.88. The van der Waals surface area contributed by atoms with E-state index in [4.69, 9.17) is 0 Å². The largest absolute Gasteiger partial charge is 1.00 e. The van der Waals surface area contributed by atoms with Gasteiger partial charge in [-0.05, 0) is 38.1 Å².